The highest BCUT2D eigenvalue weighted by Gasteiger charge is 2.14. The minimum Gasteiger partial charge on any atom is -0.481 e. The normalized spacial score (nSPS) is 14.3. The van der Waals surface area contributed by atoms with Crippen LogP contribution in [0.1, 0.15) is 23.1 Å². The Morgan fingerprint density at radius 1 is 1.32 bits per heavy atom. The van der Waals surface area contributed by atoms with Crippen LogP contribution in [-0.2, 0) is 34.5 Å². The van der Waals surface area contributed by atoms with Gasteiger partial charge in [-0.2, -0.15) is 0 Å². The van der Waals surface area contributed by atoms with Crippen LogP contribution in [0.15, 0.2) is 18.2 Å². The minimum atomic E-state index is -3.54. The molecule has 3 N–H and O–H groups in total. The van der Waals surface area contributed by atoms with Crippen LogP contribution >= 0.6 is 0 Å². The van der Waals surface area contributed by atoms with Gasteiger partial charge >= 0.3 is 5.97 Å². The maximum atomic E-state index is 11.6. The molecule has 0 saturated carbocycles. The number of benzene rings is 1. The summed E-state index contributed by atoms with van der Waals surface area (Å²) in [5, 5.41) is 11.7. The summed E-state index contributed by atoms with van der Waals surface area (Å²) < 4.78 is 25.5. The lowest BCUT2D eigenvalue weighted by Gasteiger charge is -2.07. The average molecular weight is 284 g/mol. The smallest absolute Gasteiger partial charge is 0.304 e. The lowest BCUT2D eigenvalue weighted by Crippen LogP contribution is -2.27. The molecule has 1 aliphatic rings. The molecule has 1 aromatic rings. The summed E-state index contributed by atoms with van der Waals surface area (Å²) in [6, 6.07) is 5.83. The maximum Gasteiger partial charge on any atom is 0.304 e. The van der Waals surface area contributed by atoms with Crippen molar-refractivity contribution in [1.82, 2.24) is 10.0 Å². The van der Waals surface area contributed by atoms with Crippen LogP contribution in [0.4, 0.5) is 0 Å². The molecule has 2 rings (SSSR count). The Labute approximate surface area is 111 Å². The highest BCUT2D eigenvalue weighted by atomic mass is 32.2. The molecule has 0 aliphatic carbocycles. The molecule has 1 aromatic carbocycles. The molecule has 0 atom stereocenters. The molecule has 0 radical (unpaired) electrons. The van der Waals surface area contributed by atoms with Crippen LogP contribution in [0.5, 0.6) is 0 Å². The third-order valence-electron chi connectivity index (χ3n) is 2.98. The van der Waals surface area contributed by atoms with Crippen molar-refractivity contribution in [3.05, 3.63) is 34.9 Å². The number of carboxylic acid groups (broad SMARTS) is 1. The SMILES string of the molecule is O=C(O)CCS(=O)(=O)NCc1ccc2c(c1)CNC2. The standard InChI is InChI=1S/C12H16N2O4S/c15-12(16)3-4-19(17,18)14-6-9-1-2-10-7-13-8-11(10)5-9/h1-2,5,13-14H,3-4,6-8H2,(H,15,16). The molecule has 0 spiro atoms. The minimum absolute atomic E-state index is 0.190. The van der Waals surface area contributed by atoms with Gasteiger partial charge in [0.25, 0.3) is 0 Å². The van der Waals surface area contributed by atoms with E-state index in [2.05, 4.69) is 10.0 Å². The molecule has 0 bridgehead atoms. The number of aliphatic carboxylic acids is 1. The fourth-order valence-electron chi connectivity index (χ4n) is 1.95. The summed E-state index contributed by atoms with van der Waals surface area (Å²) in [6.07, 6.45) is -0.385. The Morgan fingerprint density at radius 3 is 2.79 bits per heavy atom. The zero-order valence-electron chi connectivity index (χ0n) is 10.3. The first-order valence-electron chi connectivity index (χ1n) is 5.97. The molecule has 1 aliphatic heterocycles. The van der Waals surface area contributed by atoms with E-state index >= 15 is 0 Å². The van der Waals surface area contributed by atoms with Crippen LogP contribution in [0.2, 0.25) is 0 Å². The Kier molecular flexibility index (Phi) is 4.18. The molecule has 6 nitrogen and oxygen atoms in total. The molecule has 0 amide bonds. The van der Waals surface area contributed by atoms with Crippen molar-refractivity contribution in [2.24, 2.45) is 0 Å². The first-order valence-corrected chi connectivity index (χ1v) is 7.62. The second-order valence-electron chi connectivity index (χ2n) is 4.49. The lowest BCUT2D eigenvalue weighted by molar-refractivity contribution is -0.136. The summed E-state index contributed by atoms with van der Waals surface area (Å²) in [5.74, 6) is -1.51. The van der Waals surface area contributed by atoms with Gasteiger partial charge in [0.2, 0.25) is 10.0 Å². The molecule has 0 fully saturated rings. The first-order chi connectivity index (χ1) is 8.96. The average Bonchev–Trinajstić information content (AvgIpc) is 2.81. The number of sulfonamides is 1. The Morgan fingerprint density at radius 2 is 2.05 bits per heavy atom. The van der Waals surface area contributed by atoms with Gasteiger partial charge in [0.1, 0.15) is 0 Å². The van der Waals surface area contributed by atoms with Crippen molar-refractivity contribution in [3.63, 3.8) is 0 Å². The Bertz CT molecular complexity index is 583. The van der Waals surface area contributed by atoms with Crippen molar-refractivity contribution in [3.8, 4) is 0 Å². The van der Waals surface area contributed by atoms with E-state index in [9.17, 15) is 13.2 Å². The Balaban J connectivity index is 1.93. The van der Waals surface area contributed by atoms with Gasteiger partial charge in [-0.1, -0.05) is 18.2 Å². The van der Waals surface area contributed by atoms with Gasteiger partial charge in [0.15, 0.2) is 0 Å². The van der Waals surface area contributed by atoms with Crippen molar-refractivity contribution >= 4 is 16.0 Å². The van der Waals surface area contributed by atoms with Crippen LogP contribution < -0.4 is 10.0 Å². The van der Waals surface area contributed by atoms with Gasteiger partial charge in [-0.25, -0.2) is 13.1 Å². The predicted octanol–water partition coefficient (Wildman–Crippen LogP) is 0.184. The number of fused-ring (bicyclic) bond motifs is 1. The van der Waals surface area contributed by atoms with E-state index in [0.717, 1.165) is 18.7 Å². The number of rotatable bonds is 6. The van der Waals surface area contributed by atoms with E-state index < -0.39 is 21.7 Å². The largest absolute Gasteiger partial charge is 0.481 e. The van der Waals surface area contributed by atoms with Crippen molar-refractivity contribution in [2.75, 3.05) is 5.75 Å². The van der Waals surface area contributed by atoms with E-state index in [-0.39, 0.29) is 13.0 Å². The second-order valence-corrected chi connectivity index (χ2v) is 6.42. The van der Waals surface area contributed by atoms with E-state index in [1.165, 1.54) is 11.1 Å². The zero-order valence-corrected chi connectivity index (χ0v) is 11.2. The highest BCUT2D eigenvalue weighted by molar-refractivity contribution is 7.89. The van der Waals surface area contributed by atoms with Crippen LogP contribution in [0, 0.1) is 0 Å². The maximum absolute atomic E-state index is 11.6. The fourth-order valence-corrected chi connectivity index (χ4v) is 2.92. The molecule has 0 aromatic heterocycles. The van der Waals surface area contributed by atoms with Gasteiger partial charge < -0.3 is 10.4 Å². The molecule has 1 heterocycles. The zero-order chi connectivity index (χ0) is 13.9. The molecule has 7 heteroatoms. The number of nitrogens with one attached hydrogen (secondary N) is 2. The third kappa shape index (κ3) is 4.02. The predicted molar refractivity (Wildman–Crippen MR) is 69.9 cm³/mol. The number of carbonyl (C=O) groups is 1. The number of hydrogen-bond acceptors (Lipinski definition) is 4. The third-order valence-corrected chi connectivity index (χ3v) is 4.31. The van der Waals surface area contributed by atoms with Gasteiger partial charge in [0.05, 0.1) is 12.2 Å². The fraction of sp³-hybridized carbons (Fsp3) is 0.417. The molecule has 104 valence electrons. The van der Waals surface area contributed by atoms with Crippen molar-refractivity contribution in [1.29, 1.82) is 0 Å². The monoisotopic (exact) mass is 284 g/mol. The van der Waals surface area contributed by atoms with E-state index in [1.807, 2.05) is 18.2 Å². The molecule has 0 saturated heterocycles. The summed E-state index contributed by atoms with van der Waals surface area (Å²) in [4.78, 5) is 10.3. The van der Waals surface area contributed by atoms with E-state index in [0.29, 0.717) is 0 Å². The van der Waals surface area contributed by atoms with Gasteiger partial charge in [-0.15, -0.1) is 0 Å². The van der Waals surface area contributed by atoms with Crippen molar-refractivity contribution in [2.45, 2.75) is 26.1 Å². The molecular formula is C12H16N2O4S. The van der Waals surface area contributed by atoms with Crippen LogP contribution in [-0.4, -0.2) is 25.2 Å². The van der Waals surface area contributed by atoms with Crippen LogP contribution in [0.3, 0.4) is 0 Å². The van der Waals surface area contributed by atoms with E-state index in [1.54, 1.807) is 0 Å². The Hall–Kier alpha value is -1.44. The van der Waals surface area contributed by atoms with Gasteiger partial charge in [0, 0.05) is 19.6 Å². The van der Waals surface area contributed by atoms with Gasteiger partial charge in [-0.3, -0.25) is 4.79 Å². The molecule has 19 heavy (non-hydrogen) atoms. The highest BCUT2D eigenvalue weighted by Crippen LogP contribution is 2.17. The summed E-state index contributed by atoms with van der Waals surface area (Å²) in [7, 11) is -3.54. The lowest BCUT2D eigenvalue weighted by atomic mass is 10.1. The number of hydrogen-bond donors (Lipinski definition) is 3. The summed E-state index contributed by atoms with van der Waals surface area (Å²) >= 11 is 0. The molecular weight excluding hydrogens is 268 g/mol. The molecule has 0 unspecified atom stereocenters. The number of carboxylic acids is 1. The van der Waals surface area contributed by atoms with Crippen LogP contribution in [0.25, 0.3) is 0 Å². The topological polar surface area (TPSA) is 95.5 Å². The second kappa shape index (κ2) is 5.68. The summed E-state index contributed by atoms with van der Waals surface area (Å²) in [6.45, 7) is 1.84. The van der Waals surface area contributed by atoms with E-state index in [4.69, 9.17) is 5.11 Å². The van der Waals surface area contributed by atoms with Gasteiger partial charge in [-0.05, 0) is 16.7 Å². The first kappa shape index (κ1) is 14.0. The summed E-state index contributed by atoms with van der Waals surface area (Å²) in [5.41, 5.74) is 3.29. The van der Waals surface area contributed by atoms with Crippen molar-refractivity contribution < 1.29 is 18.3 Å². The quantitative estimate of drug-likeness (QED) is 0.693.